The SMILES string of the molecule is O=C(CN(CC1CCCO1)S(=O)(=O)c1cccc2cccnc12)N1CCc2sccc2C1c1ccc(Cl)cc1Cl. The molecule has 4 heterocycles. The lowest BCUT2D eigenvalue weighted by atomic mass is 9.93. The molecule has 4 aromatic rings. The van der Waals surface area contributed by atoms with Crippen LogP contribution in [-0.2, 0) is 26.0 Å². The fourth-order valence-corrected chi connectivity index (χ4v) is 8.57. The van der Waals surface area contributed by atoms with Crippen LogP contribution in [0.3, 0.4) is 0 Å². The van der Waals surface area contributed by atoms with Crippen molar-refractivity contribution in [3.05, 3.63) is 92.2 Å². The molecule has 0 bridgehead atoms. The second-order valence-electron chi connectivity index (χ2n) is 9.97. The first-order valence-electron chi connectivity index (χ1n) is 13.1. The topological polar surface area (TPSA) is 79.8 Å². The summed E-state index contributed by atoms with van der Waals surface area (Å²) in [6.07, 6.45) is 3.57. The number of hydrogen-bond acceptors (Lipinski definition) is 6. The van der Waals surface area contributed by atoms with Gasteiger partial charge in [-0.15, -0.1) is 11.3 Å². The van der Waals surface area contributed by atoms with Crippen molar-refractivity contribution in [2.45, 2.75) is 36.3 Å². The Morgan fingerprint density at radius 1 is 1.12 bits per heavy atom. The molecular weight excluding hydrogens is 589 g/mol. The molecule has 2 unspecified atom stereocenters. The minimum absolute atomic E-state index is 0.0763. The lowest BCUT2D eigenvalue weighted by Gasteiger charge is -2.38. The number of hydrogen-bond donors (Lipinski definition) is 0. The van der Waals surface area contributed by atoms with Crippen LogP contribution in [-0.4, -0.2) is 60.9 Å². The van der Waals surface area contributed by atoms with Gasteiger partial charge in [0, 0.05) is 46.2 Å². The summed E-state index contributed by atoms with van der Waals surface area (Å²) in [5, 5.41) is 3.69. The van der Waals surface area contributed by atoms with Gasteiger partial charge in [-0.05, 0) is 66.1 Å². The van der Waals surface area contributed by atoms with Gasteiger partial charge in [0.1, 0.15) is 4.90 Å². The number of carbonyl (C=O) groups is 1. The lowest BCUT2D eigenvalue weighted by molar-refractivity contribution is -0.133. The van der Waals surface area contributed by atoms with Crippen molar-refractivity contribution in [2.24, 2.45) is 0 Å². The number of amides is 1. The van der Waals surface area contributed by atoms with E-state index in [1.807, 2.05) is 29.6 Å². The number of rotatable bonds is 7. The van der Waals surface area contributed by atoms with Crippen LogP contribution in [0, 0.1) is 0 Å². The summed E-state index contributed by atoms with van der Waals surface area (Å²) in [6, 6.07) is 15.5. The number of nitrogens with zero attached hydrogens (tertiary/aromatic N) is 3. The minimum Gasteiger partial charge on any atom is -0.377 e. The second kappa shape index (κ2) is 11.4. The fourth-order valence-electron chi connectivity index (χ4n) is 5.57. The Morgan fingerprint density at radius 2 is 1.98 bits per heavy atom. The highest BCUT2D eigenvalue weighted by Gasteiger charge is 2.38. The standard InChI is InChI=1S/C29H27Cl2N3O4S2/c30-20-8-9-22(24(31)16-20)29-23-11-15-39-25(23)10-13-34(29)27(35)18-33(17-21-6-3-14-38-21)40(36,37)26-7-1-4-19-5-2-12-32-28(19)26/h1-2,4-5,7-9,11-12,15-16,21,29H,3,6,10,13-14,17-18H2. The van der Waals surface area contributed by atoms with Crippen molar-refractivity contribution in [2.75, 3.05) is 26.2 Å². The zero-order valence-corrected chi connectivity index (χ0v) is 24.6. The molecule has 0 radical (unpaired) electrons. The zero-order chi connectivity index (χ0) is 27.9. The summed E-state index contributed by atoms with van der Waals surface area (Å²) in [6.45, 7) is 0.778. The van der Waals surface area contributed by atoms with E-state index in [1.165, 1.54) is 9.18 Å². The van der Waals surface area contributed by atoms with Crippen LogP contribution in [0.15, 0.2) is 71.1 Å². The summed E-state index contributed by atoms with van der Waals surface area (Å²) in [5.74, 6) is -0.303. The number of fused-ring (bicyclic) bond motifs is 2. The fraction of sp³-hybridized carbons (Fsp3) is 0.310. The number of aromatic nitrogens is 1. The molecule has 40 heavy (non-hydrogen) atoms. The highest BCUT2D eigenvalue weighted by Crippen LogP contribution is 2.41. The Balaban J connectivity index is 1.37. The highest BCUT2D eigenvalue weighted by molar-refractivity contribution is 7.89. The number of carbonyl (C=O) groups excluding carboxylic acids is 1. The maximum atomic E-state index is 14.2. The van der Waals surface area contributed by atoms with Crippen molar-refractivity contribution in [3.63, 3.8) is 0 Å². The van der Waals surface area contributed by atoms with Gasteiger partial charge in [-0.3, -0.25) is 9.78 Å². The first-order valence-corrected chi connectivity index (χ1v) is 16.2. The van der Waals surface area contributed by atoms with E-state index in [0.717, 1.165) is 24.0 Å². The van der Waals surface area contributed by atoms with Gasteiger partial charge < -0.3 is 9.64 Å². The van der Waals surface area contributed by atoms with Crippen LogP contribution < -0.4 is 0 Å². The van der Waals surface area contributed by atoms with E-state index in [-0.39, 0.29) is 30.0 Å². The molecule has 2 atom stereocenters. The molecule has 2 aromatic heterocycles. The van der Waals surface area contributed by atoms with Gasteiger partial charge >= 0.3 is 0 Å². The molecule has 1 amide bonds. The van der Waals surface area contributed by atoms with Crippen molar-refractivity contribution in [1.29, 1.82) is 0 Å². The van der Waals surface area contributed by atoms with E-state index in [9.17, 15) is 13.2 Å². The molecule has 7 nitrogen and oxygen atoms in total. The van der Waals surface area contributed by atoms with Gasteiger partial charge in [0.2, 0.25) is 15.9 Å². The van der Waals surface area contributed by atoms with E-state index < -0.39 is 16.1 Å². The molecule has 1 saturated heterocycles. The largest absolute Gasteiger partial charge is 0.377 e. The van der Waals surface area contributed by atoms with Crippen LogP contribution >= 0.6 is 34.5 Å². The van der Waals surface area contributed by atoms with E-state index in [1.54, 1.807) is 52.8 Å². The second-order valence-corrected chi connectivity index (χ2v) is 13.7. The van der Waals surface area contributed by atoms with Gasteiger partial charge in [0.15, 0.2) is 0 Å². The third kappa shape index (κ3) is 5.26. The summed E-state index contributed by atoms with van der Waals surface area (Å²) in [7, 11) is -4.09. The van der Waals surface area contributed by atoms with Gasteiger partial charge in [-0.2, -0.15) is 4.31 Å². The average Bonchev–Trinajstić information content (AvgIpc) is 3.64. The van der Waals surface area contributed by atoms with Crippen LogP contribution in [0.25, 0.3) is 10.9 Å². The number of thiophene rings is 1. The number of sulfonamides is 1. The smallest absolute Gasteiger partial charge is 0.245 e. The maximum absolute atomic E-state index is 14.2. The normalized spacial score (nSPS) is 19.3. The van der Waals surface area contributed by atoms with Gasteiger partial charge in [-0.1, -0.05) is 47.5 Å². The molecule has 208 valence electrons. The van der Waals surface area contributed by atoms with Crippen LogP contribution in [0.4, 0.5) is 0 Å². The monoisotopic (exact) mass is 615 g/mol. The van der Waals surface area contributed by atoms with E-state index in [2.05, 4.69) is 4.98 Å². The van der Waals surface area contributed by atoms with Crippen molar-refractivity contribution in [1.82, 2.24) is 14.2 Å². The van der Waals surface area contributed by atoms with Gasteiger partial charge in [0.05, 0.1) is 24.2 Å². The molecule has 2 aliphatic rings. The quantitative estimate of drug-likeness (QED) is 0.257. The molecule has 2 aliphatic heterocycles. The van der Waals surface area contributed by atoms with Crippen LogP contribution in [0.5, 0.6) is 0 Å². The highest BCUT2D eigenvalue weighted by atomic mass is 35.5. The number of benzene rings is 2. The maximum Gasteiger partial charge on any atom is 0.245 e. The Labute approximate surface area is 247 Å². The predicted octanol–water partition coefficient (Wildman–Crippen LogP) is 5.95. The third-order valence-corrected chi connectivity index (χ3v) is 10.9. The number of ether oxygens (including phenoxy) is 1. The van der Waals surface area contributed by atoms with E-state index >= 15 is 0 Å². The van der Waals surface area contributed by atoms with Crippen molar-refractivity contribution < 1.29 is 17.9 Å². The molecule has 0 aliphatic carbocycles. The average molecular weight is 617 g/mol. The van der Waals surface area contributed by atoms with Crippen LogP contribution in [0.1, 0.15) is 34.9 Å². The number of pyridine rings is 1. The van der Waals surface area contributed by atoms with Crippen molar-refractivity contribution >= 4 is 61.4 Å². The minimum atomic E-state index is -4.09. The lowest BCUT2D eigenvalue weighted by Crippen LogP contribution is -2.48. The molecule has 6 rings (SSSR count). The molecule has 0 N–H and O–H groups in total. The number of para-hydroxylation sites is 1. The zero-order valence-electron chi connectivity index (χ0n) is 21.5. The molecule has 1 fully saturated rings. The molecule has 0 saturated carbocycles. The van der Waals surface area contributed by atoms with Gasteiger partial charge in [0.25, 0.3) is 0 Å². The number of halogens is 2. The summed E-state index contributed by atoms with van der Waals surface area (Å²) < 4.78 is 35.4. The summed E-state index contributed by atoms with van der Waals surface area (Å²) >= 11 is 14.5. The Hall–Kier alpha value is -2.53. The first kappa shape index (κ1) is 27.6. The first-order chi connectivity index (χ1) is 19.3. The molecular formula is C29H27Cl2N3O4S2. The molecule has 11 heteroatoms. The molecule has 0 spiro atoms. The third-order valence-electron chi connectivity index (χ3n) is 7.50. The van der Waals surface area contributed by atoms with E-state index in [4.69, 9.17) is 27.9 Å². The summed E-state index contributed by atoms with van der Waals surface area (Å²) in [5.41, 5.74) is 2.13. The predicted molar refractivity (Wildman–Crippen MR) is 158 cm³/mol. The molecule has 2 aromatic carbocycles. The Bertz CT molecular complexity index is 1670. The Kier molecular flexibility index (Phi) is 7.87. The Morgan fingerprint density at radius 3 is 2.77 bits per heavy atom. The summed E-state index contributed by atoms with van der Waals surface area (Å²) in [4.78, 5) is 21.5. The van der Waals surface area contributed by atoms with Crippen LogP contribution in [0.2, 0.25) is 10.0 Å². The van der Waals surface area contributed by atoms with Crippen molar-refractivity contribution in [3.8, 4) is 0 Å². The van der Waals surface area contributed by atoms with Gasteiger partial charge in [-0.25, -0.2) is 8.42 Å². The van der Waals surface area contributed by atoms with E-state index in [0.29, 0.717) is 40.5 Å².